The average Bonchev–Trinajstić information content (AvgIpc) is 2.93. The average molecular weight is 298 g/mol. The Morgan fingerprint density at radius 1 is 1.10 bits per heavy atom. The van der Waals surface area contributed by atoms with Crippen LogP contribution >= 0.6 is 11.3 Å². The van der Waals surface area contributed by atoms with Crippen molar-refractivity contribution < 1.29 is 4.74 Å². The minimum atomic E-state index is 0.660. The number of rotatable bonds is 6. The van der Waals surface area contributed by atoms with E-state index in [1.807, 2.05) is 25.1 Å². The predicted octanol–water partition coefficient (Wildman–Crippen LogP) is 4.35. The summed E-state index contributed by atoms with van der Waals surface area (Å²) in [5, 5.41) is 4.36. The Bertz CT molecular complexity index is 709. The normalized spacial score (nSPS) is 10.7. The van der Waals surface area contributed by atoms with Crippen molar-refractivity contribution >= 4 is 26.7 Å². The van der Waals surface area contributed by atoms with Crippen molar-refractivity contribution in [2.75, 3.05) is 18.5 Å². The summed E-state index contributed by atoms with van der Waals surface area (Å²) in [6.45, 7) is 3.53. The fourth-order valence-corrected chi connectivity index (χ4v) is 3.14. The van der Waals surface area contributed by atoms with Crippen LogP contribution in [0.4, 0.5) is 5.13 Å². The zero-order valence-electron chi connectivity index (χ0n) is 12.0. The highest BCUT2D eigenvalue weighted by atomic mass is 32.1. The van der Waals surface area contributed by atoms with Crippen molar-refractivity contribution in [2.24, 2.45) is 0 Å². The van der Waals surface area contributed by atoms with Crippen molar-refractivity contribution in [3.8, 4) is 5.75 Å². The molecule has 0 atom stereocenters. The maximum Gasteiger partial charge on any atom is 0.183 e. The number of aromatic nitrogens is 1. The minimum absolute atomic E-state index is 0.660. The summed E-state index contributed by atoms with van der Waals surface area (Å²) in [5.41, 5.74) is 2.28. The second kappa shape index (κ2) is 6.59. The number of hydrogen-bond donors (Lipinski definition) is 1. The van der Waals surface area contributed by atoms with E-state index < -0.39 is 0 Å². The number of anilines is 1. The van der Waals surface area contributed by atoms with Gasteiger partial charge in [-0.2, -0.15) is 0 Å². The summed E-state index contributed by atoms with van der Waals surface area (Å²) in [6, 6.07) is 16.5. The highest BCUT2D eigenvalue weighted by molar-refractivity contribution is 7.22. The van der Waals surface area contributed by atoms with Crippen molar-refractivity contribution in [3.63, 3.8) is 0 Å². The summed E-state index contributed by atoms with van der Waals surface area (Å²) < 4.78 is 6.78. The number of nitrogens with one attached hydrogen (secondary N) is 1. The molecule has 0 aliphatic rings. The molecule has 0 saturated heterocycles. The number of para-hydroxylation sites is 1. The van der Waals surface area contributed by atoms with E-state index in [4.69, 9.17) is 4.74 Å². The fourth-order valence-electron chi connectivity index (χ4n) is 2.23. The molecule has 3 rings (SSSR count). The van der Waals surface area contributed by atoms with Gasteiger partial charge >= 0.3 is 0 Å². The molecule has 3 nitrogen and oxygen atoms in total. The molecule has 1 heterocycles. The smallest absolute Gasteiger partial charge is 0.183 e. The first-order chi connectivity index (χ1) is 10.4. The van der Waals surface area contributed by atoms with E-state index in [1.165, 1.54) is 5.56 Å². The number of fused-ring (bicyclic) bond motifs is 1. The lowest BCUT2D eigenvalue weighted by Crippen LogP contribution is -2.04. The molecular weight excluding hydrogens is 280 g/mol. The van der Waals surface area contributed by atoms with E-state index in [1.54, 1.807) is 11.3 Å². The van der Waals surface area contributed by atoms with Gasteiger partial charge in [0.2, 0.25) is 0 Å². The van der Waals surface area contributed by atoms with Crippen LogP contribution in [-0.2, 0) is 6.42 Å². The van der Waals surface area contributed by atoms with Crippen molar-refractivity contribution in [3.05, 3.63) is 54.1 Å². The molecule has 0 spiro atoms. The largest absolute Gasteiger partial charge is 0.492 e. The molecule has 0 radical (unpaired) electrons. The van der Waals surface area contributed by atoms with Gasteiger partial charge in [-0.15, -0.1) is 0 Å². The van der Waals surface area contributed by atoms with E-state index >= 15 is 0 Å². The topological polar surface area (TPSA) is 34.1 Å². The molecule has 108 valence electrons. The molecule has 21 heavy (non-hydrogen) atoms. The fraction of sp³-hybridized carbons (Fsp3) is 0.235. The van der Waals surface area contributed by atoms with Gasteiger partial charge in [0.15, 0.2) is 5.13 Å². The first-order valence-corrected chi connectivity index (χ1v) is 7.98. The highest BCUT2D eigenvalue weighted by Gasteiger charge is 2.08. The van der Waals surface area contributed by atoms with Gasteiger partial charge in [0, 0.05) is 6.54 Å². The molecular formula is C17H18N2OS. The van der Waals surface area contributed by atoms with Crippen LogP contribution in [0.2, 0.25) is 0 Å². The molecule has 0 aliphatic carbocycles. The Balaban J connectivity index is 1.68. The quantitative estimate of drug-likeness (QED) is 0.734. The van der Waals surface area contributed by atoms with Crippen LogP contribution in [-0.4, -0.2) is 18.1 Å². The third-order valence-electron chi connectivity index (χ3n) is 3.21. The summed E-state index contributed by atoms with van der Waals surface area (Å²) in [6.07, 6.45) is 0.995. The van der Waals surface area contributed by atoms with Gasteiger partial charge in [-0.05, 0) is 31.0 Å². The SMILES string of the molecule is CCOc1cccc2sc(NCCc3ccccc3)nc12. The standard InChI is InChI=1S/C17H18N2OS/c1-2-20-14-9-6-10-15-16(14)19-17(21-15)18-12-11-13-7-4-3-5-8-13/h3-10H,2,11-12H2,1H3,(H,18,19). The van der Waals surface area contributed by atoms with Gasteiger partial charge in [0.05, 0.1) is 11.3 Å². The minimum Gasteiger partial charge on any atom is -0.492 e. The highest BCUT2D eigenvalue weighted by Crippen LogP contribution is 2.32. The first-order valence-electron chi connectivity index (χ1n) is 7.17. The first kappa shape index (κ1) is 13.9. The van der Waals surface area contributed by atoms with Gasteiger partial charge in [0.25, 0.3) is 0 Å². The molecule has 1 N–H and O–H groups in total. The lowest BCUT2D eigenvalue weighted by Gasteiger charge is -2.03. The zero-order valence-corrected chi connectivity index (χ0v) is 12.8. The van der Waals surface area contributed by atoms with Crippen LogP contribution < -0.4 is 10.1 Å². The lowest BCUT2D eigenvalue weighted by molar-refractivity contribution is 0.344. The third-order valence-corrected chi connectivity index (χ3v) is 4.19. The third kappa shape index (κ3) is 3.34. The molecule has 2 aromatic carbocycles. The predicted molar refractivity (Wildman–Crippen MR) is 89.4 cm³/mol. The van der Waals surface area contributed by atoms with E-state index in [2.05, 4.69) is 40.6 Å². The molecule has 0 bridgehead atoms. The molecule has 0 unspecified atom stereocenters. The zero-order chi connectivity index (χ0) is 14.5. The van der Waals surface area contributed by atoms with Crippen molar-refractivity contribution in [1.82, 2.24) is 4.98 Å². The number of thiazole rings is 1. The summed E-state index contributed by atoms with van der Waals surface area (Å²) in [7, 11) is 0. The molecule has 3 aromatic rings. The monoisotopic (exact) mass is 298 g/mol. The Morgan fingerprint density at radius 3 is 2.76 bits per heavy atom. The Kier molecular flexibility index (Phi) is 4.36. The maximum atomic E-state index is 5.62. The molecule has 1 aromatic heterocycles. The summed E-state index contributed by atoms with van der Waals surface area (Å²) >= 11 is 1.67. The van der Waals surface area contributed by atoms with Crippen molar-refractivity contribution in [1.29, 1.82) is 0 Å². The van der Waals surface area contributed by atoms with Crippen LogP contribution in [0.5, 0.6) is 5.75 Å². The van der Waals surface area contributed by atoms with Gasteiger partial charge in [-0.25, -0.2) is 4.98 Å². The van der Waals surface area contributed by atoms with Crippen molar-refractivity contribution in [2.45, 2.75) is 13.3 Å². The maximum absolute atomic E-state index is 5.62. The van der Waals surface area contributed by atoms with Crippen LogP contribution in [0.15, 0.2) is 48.5 Å². The van der Waals surface area contributed by atoms with Gasteiger partial charge < -0.3 is 10.1 Å². The number of benzene rings is 2. The van der Waals surface area contributed by atoms with Crippen LogP contribution in [0.3, 0.4) is 0 Å². The number of hydrogen-bond acceptors (Lipinski definition) is 4. The van der Waals surface area contributed by atoms with Crippen LogP contribution in [0.1, 0.15) is 12.5 Å². The Morgan fingerprint density at radius 2 is 1.95 bits per heavy atom. The van der Waals surface area contributed by atoms with Crippen LogP contribution in [0.25, 0.3) is 10.2 Å². The molecule has 4 heteroatoms. The molecule has 0 aliphatic heterocycles. The summed E-state index contributed by atoms with van der Waals surface area (Å²) in [5.74, 6) is 0.863. The van der Waals surface area contributed by atoms with Gasteiger partial charge in [-0.3, -0.25) is 0 Å². The Labute approximate surface area is 128 Å². The Hall–Kier alpha value is -2.07. The van der Waals surface area contributed by atoms with Gasteiger partial charge in [0.1, 0.15) is 11.3 Å². The number of ether oxygens (including phenoxy) is 1. The van der Waals surface area contributed by atoms with E-state index in [0.29, 0.717) is 6.61 Å². The lowest BCUT2D eigenvalue weighted by atomic mass is 10.2. The second-order valence-electron chi connectivity index (χ2n) is 4.72. The van der Waals surface area contributed by atoms with E-state index in [9.17, 15) is 0 Å². The van der Waals surface area contributed by atoms with E-state index in [0.717, 1.165) is 34.1 Å². The molecule has 0 saturated carbocycles. The van der Waals surface area contributed by atoms with Gasteiger partial charge in [-0.1, -0.05) is 47.7 Å². The summed E-state index contributed by atoms with van der Waals surface area (Å²) in [4.78, 5) is 4.64. The molecule has 0 amide bonds. The van der Waals surface area contributed by atoms with E-state index in [-0.39, 0.29) is 0 Å². The second-order valence-corrected chi connectivity index (χ2v) is 5.75. The van der Waals surface area contributed by atoms with Crippen LogP contribution in [0, 0.1) is 0 Å². The number of nitrogens with zero attached hydrogens (tertiary/aromatic N) is 1. The molecule has 0 fully saturated rings.